The lowest BCUT2D eigenvalue weighted by atomic mass is 10.2. The van der Waals surface area contributed by atoms with Gasteiger partial charge in [-0.3, -0.25) is 4.98 Å². The predicted octanol–water partition coefficient (Wildman–Crippen LogP) is 2.07. The molecule has 0 atom stereocenters. The van der Waals surface area contributed by atoms with Crippen LogP contribution in [0.2, 0.25) is 0 Å². The molecule has 2 aromatic heterocycles. The smallest absolute Gasteiger partial charge is 0.181 e. The molecule has 0 unspecified atom stereocenters. The van der Waals surface area contributed by atoms with Gasteiger partial charge in [-0.1, -0.05) is 6.42 Å². The Kier molecular flexibility index (Phi) is 2.40. The van der Waals surface area contributed by atoms with E-state index >= 15 is 0 Å². The number of aromatic nitrogens is 4. The summed E-state index contributed by atoms with van der Waals surface area (Å²) < 4.78 is 2.06. The molecule has 0 radical (unpaired) electrons. The minimum Gasteiger partial charge on any atom is -0.265 e. The zero-order valence-corrected chi connectivity index (χ0v) is 9.13. The molecule has 82 valence electrons. The van der Waals surface area contributed by atoms with E-state index in [0.29, 0.717) is 0 Å². The lowest BCUT2D eigenvalue weighted by molar-refractivity contribution is 0.576. The van der Waals surface area contributed by atoms with E-state index in [1.54, 1.807) is 12.4 Å². The van der Waals surface area contributed by atoms with Crippen LogP contribution in [0.15, 0.2) is 24.5 Å². The highest BCUT2D eigenvalue weighted by molar-refractivity contribution is 5.53. The Morgan fingerprint density at radius 2 is 1.94 bits per heavy atom. The molecule has 0 bridgehead atoms. The summed E-state index contributed by atoms with van der Waals surface area (Å²) in [6, 6.07) is 3.91. The van der Waals surface area contributed by atoms with Crippen LogP contribution in [0.25, 0.3) is 11.4 Å². The molecule has 0 saturated heterocycles. The molecule has 0 aliphatic carbocycles. The number of hydrogen-bond acceptors (Lipinski definition) is 3. The molecule has 0 aromatic carbocycles. The number of rotatable bonds is 1. The lowest BCUT2D eigenvalue weighted by Gasteiger charge is -1.97. The molecule has 3 heterocycles. The van der Waals surface area contributed by atoms with Gasteiger partial charge in [0.25, 0.3) is 0 Å². The van der Waals surface area contributed by atoms with Crippen LogP contribution >= 0.6 is 0 Å². The third-order valence-corrected chi connectivity index (χ3v) is 2.96. The van der Waals surface area contributed by atoms with Gasteiger partial charge in [-0.05, 0) is 25.0 Å². The molecule has 16 heavy (non-hydrogen) atoms. The lowest BCUT2D eigenvalue weighted by Crippen LogP contribution is -2.02. The van der Waals surface area contributed by atoms with Gasteiger partial charge in [0.15, 0.2) is 5.82 Å². The normalized spacial score (nSPS) is 15.5. The topological polar surface area (TPSA) is 43.6 Å². The van der Waals surface area contributed by atoms with Gasteiger partial charge in [-0.2, -0.15) is 5.10 Å². The van der Waals surface area contributed by atoms with Crippen molar-refractivity contribution in [3.63, 3.8) is 0 Å². The van der Waals surface area contributed by atoms with Crippen LogP contribution in [-0.4, -0.2) is 19.7 Å². The molecule has 4 nitrogen and oxygen atoms in total. The standard InChI is InChI=1S/C12H14N4/c1-2-4-11-14-12(15-16(11)9-3-1)10-5-7-13-8-6-10/h5-8H,1-4,9H2. The fourth-order valence-electron chi connectivity index (χ4n) is 2.08. The van der Waals surface area contributed by atoms with Gasteiger partial charge in [0.05, 0.1) is 0 Å². The van der Waals surface area contributed by atoms with Gasteiger partial charge in [0.2, 0.25) is 0 Å². The van der Waals surface area contributed by atoms with Crippen molar-refractivity contribution in [3.05, 3.63) is 30.4 Å². The van der Waals surface area contributed by atoms with Gasteiger partial charge in [0, 0.05) is 30.9 Å². The molecule has 0 saturated carbocycles. The highest BCUT2D eigenvalue weighted by Crippen LogP contribution is 2.18. The van der Waals surface area contributed by atoms with Crippen LogP contribution in [0, 0.1) is 0 Å². The first-order chi connectivity index (χ1) is 7.93. The molecular formula is C12H14N4. The summed E-state index contributed by atoms with van der Waals surface area (Å²) in [4.78, 5) is 8.61. The summed E-state index contributed by atoms with van der Waals surface area (Å²) in [5, 5.41) is 4.56. The molecule has 2 aromatic rings. The zero-order chi connectivity index (χ0) is 10.8. The van der Waals surface area contributed by atoms with Gasteiger partial charge < -0.3 is 0 Å². The van der Waals surface area contributed by atoms with Crippen molar-refractivity contribution in [1.29, 1.82) is 0 Å². The first kappa shape index (κ1) is 9.51. The van der Waals surface area contributed by atoms with Gasteiger partial charge in [-0.25, -0.2) is 9.67 Å². The summed E-state index contributed by atoms with van der Waals surface area (Å²) in [5.41, 5.74) is 1.05. The summed E-state index contributed by atoms with van der Waals surface area (Å²) in [6.07, 6.45) is 8.34. The van der Waals surface area contributed by atoms with E-state index in [-0.39, 0.29) is 0 Å². The van der Waals surface area contributed by atoms with Crippen LogP contribution in [-0.2, 0) is 13.0 Å². The Labute approximate surface area is 94.4 Å². The molecule has 1 aliphatic rings. The third-order valence-electron chi connectivity index (χ3n) is 2.96. The van der Waals surface area contributed by atoms with E-state index in [4.69, 9.17) is 0 Å². The quantitative estimate of drug-likeness (QED) is 0.729. The average Bonchev–Trinajstić information content (AvgIpc) is 2.62. The van der Waals surface area contributed by atoms with E-state index < -0.39 is 0 Å². The molecule has 3 rings (SSSR count). The van der Waals surface area contributed by atoms with Crippen LogP contribution in [0.4, 0.5) is 0 Å². The molecule has 0 N–H and O–H groups in total. The van der Waals surface area contributed by atoms with Crippen molar-refractivity contribution >= 4 is 0 Å². The Morgan fingerprint density at radius 3 is 2.81 bits per heavy atom. The number of fused-ring (bicyclic) bond motifs is 1. The van der Waals surface area contributed by atoms with E-state index in [1.165, 1.54) is 19.3 Å². The van der Waals surface area contributed by atoms with Gasteiger partial charge in [0.1, 0.15) is 5.82 Å². The first-order valence-corrected chi connectivity index (χ1v) is 5.77. The van der Waals surface area contributed by atoms with Crippen LogP contribution in [0.1, 0.15) is 25.1 Å². The van der Waals surface area contributed by atoms with E-state index in [1.807, 2.05) is 12.1 Å². The zero-order valence-electron chi connectivity index (χ0n) is 9.13. The molecular weight excluding hydrogens is 200 g/mol. The van der Waals surface area contributed by atoms with Gasteiger partial charge in [-0.15, -0.1) is 0 Å². The fraction of sp³-hybridized carbons (Fsp3) is 0.417. The molecule has 4 heteroatoms. The number of nitrogens with zero attached hydrogens (tertiary/aromatic N) is 4. The van der Waals surface area contributed by atoms with Crippen molar-refractivity contribution in [2.24, 2.45) is 0 Å². The minimum atomic E-state index is 0.833. The second kappa shape index (κ2) is 4.04. The Balaban J connectivity index is 1.98. The Bertz CT molecular complexity index is 452. The van der Waals surface area contributed by atoms with Crippen LogP contribution < -0.4 is 0 Å². The number of pyridine rings is 1. The maximum atomic E-state index is 4.61. The second-order valence-electron chi connectivity index (χ2n) is 4.12. The molecule has 0 spiro atoms. The largest absolute Gasteiger partial charge is 0.265 e. The third kappa shape index (κ3) is 1.71. The van der Waals surface area contributed by atoms with Crippen molar-refractivity contribution in [2.75, 3.05) is 0 Å². The van der Waals surface area contributed by atoms with Crippen molar-refractivity contribution < 1.29 is 0 Å². The van der Waals surface area contributed by atoms with Crippen molar-refractivity contribution in [3.8, 4) is 11.4 Å². The van der Waals surface area contributed by atoms with E-state index in [0.717, 1.165) is 30.2 Å². The fourth-order valence-corrected chi connectivity index (χ4v) is 2.08. The predicted molar refractivity (Wildman–Crippen MR) is 60.8 cm³/mol. The first-order valence-electron chi connectivity index (χ1n) is 5.77. The Hall–Kier alpha value is -1.71. The van der Waals surface area contributed by atoms with Crippen molar-refractivity contribution in [2.45, 2.75) is 32.2 Å². The van der Waals surface area contributed by atoms with Crippen LogP contribution in [0.3, 0.4) is 0 Å². The second-order valence-corrected chi connectivity index (χ2v) is 4.12. The maximum absolute atomic E-state index is 4.61. The number of hydrogen-bond donors (Lipinski definition) is 0. The summed E-state index contributed by atoms with van der Waals surface area (Å²) in [5.74, 6) is 1.96. The summed E-state index contributed by atoms with van der Waals surface area (Å²) >= 11 is 0. The monoisotopic (exact) mass is 214 g/mol. The molecule has 0 amide bonds. The highest BCUT2D eigenvalue weighted by atomic mass is 15.3. The Morgan fingerprint density at radius 1 is 1.06 bits per heavy atom. The summed E-state index contributed by atoms with van der Waals surface area (Å²) in [6.45, 7) is 1.01. The van der Waals surface area contributed by atoms with E-state index in [9.17, 15) is 0 Å². The number of aryl methyl sites for hydroxylation is 2. The summed E-state index contributed by atoms with van der Waals surface area (Å²) in [7, 11) is 0. The SMILES string of the molecule is c1cc(-c2nc3n(n2)CCCCC3)ccn1. The van der Waals surface area contributed by atoms with Crippen molar-refractivity contribution in [1.82, 2.24) is 19.7 Å². The maximum Gasteiger partial charge on any atom is 0.181 e. The average molecular weight is 214 g/mol. The minimum absolute atomic E-state index is 0.833. The molecule has 0 fully saturated rings. The van der Waals surface area contributed by atoms with Gasteiger partial charge >= 0.3 is 0 Å². The van der Waals surface area contributed by atoms with Crippen LogP contribution in [0.5, 0.6) is 0 Å². The highest BCUT2D eigenvalue weighted by Gasteiger charge is 2.13. The van der Waals surface area contributed by atoms with E-state index in [2.05, 4.69) is 19.7 Å². The molecule has 1 aliphatic heterocycles.